The van der Waals surface area contributed by atoms with Crippen molar-refractivity contribution in [1.29, 1.82) is 0 Å². The molecule has 0 spiro atoms. The molecule has 1 aromatic carbocycles. The van der Waals surface area contributed by atoms with E-state index in [4.69, 9.17) is 20.8 Å². The molecule has 0 N–H and O–H groups in total. The molecule has 2 atom stereocenters. The Labute approximate surface area is 110 Å². The van der Waals surface area contributed by atoms with Crippen LogP contribution in [-0.2, 0) is 4.74 Å². The van der Waals surface area contributed by atoms with E-state index in [0.717, 1.165) is 24.2 Å². The quantitative estimate of drug-likeness (QED) is 0.795. The minimum atomic E-state index is 0.187. The summed E-state index contributed by atoms with van der Waals surface area (Å²) in [6.07, 6.45) is 0.375. The van der Waals surface area contributed by atoms with Crippen LogP contribution in [0.2, 0.25) is 5.02 Å². The molecule has 0 aliphatic carbocycles. The molecule has 0 amide bonds. The average molecular weight is 267 g/mol. The summed E-state index contributed by atoms with van der Waals surface area (Å²) in [4.78, 5) is 6.60. The maximum atomic E-state index is 5.94. The highest BCUT2D eigenvalue weighted by Crippen LogP contribution is 2.26. The molecular weight excluding hydrogens is 252 g/mol. The number of hydrogen-bond acceptors (Lipinski definition) is 4. The summed E-state index contributed by atoms with van der Waals surface area (Å²) in [6, 6.07) is 6.12. The SMILES string of the molecule is C[C@@H]1CN(c2nc3cc(Cl)ccc3o2)C[C@H](C)O1. The van der Waals surface area contributed by atoms with Crippen molar-refractivity contribution in [2.24, 2.45) is 0 Å². The summed E-state index contributed by atoms with van der Waals surface area (Å²) in [5.41, 5.74) is 1.56. The van der Waals surface area contributed by atoms with Crippen molar-refractivity contribution >= 4 is 28.7 Å². The first-order valence-electron chi connectivity index (χ1n) is 6.08. The van der Waals surface area contributed by atoms with Gasteiger partial charge in [-0.3, -0.25) is 0 Å². The summed E-state index contributed by atoms with van der Waals surface area (Å²) >= 11 is 5.94. The van der Waals surface area contributed by atoms with Crippen molar-refractivity contribution in [2.75, 3.05) is 18.0 Å². The van der Waals surface area contributed by atoms with Crippen molar-refractivity contribution in [1.82, 2.24) is 4.98 Å². The van der Waals surface area contributed by atoms with Crippen LogP contribution >= 0.6 is 11.6 Å². The van der Waals surface area contributed by atoms with Crippen LogP contribution in [-0.4, -0.2) is 30.3 Å². The van der Waals surface area contributed by atoms with Gasteiger partial charge >= 0.3 is 0 Å². The second kappa shape index (κ2) is 4.44. The lowest BCUT2D eigenvalue weighted by molar-refractivity contribution is -0.00662. The van der Waals surface area contributed by atoms with Crippen LogP contribution in [0.5, 0.6) is 0 Å². The van der Waals surface area contributed by atoms with Gasteiger partial charge in [0.2, 0.25) is 0 Å². The molecule has 2 aromatic rings. The van der Waals surface area contributed by atoms with Crippen molar-refractivity contribution in [3.63, 3.8) is 0 Å². The fraction of sp³-hybridized carbons (Fsp3) is 0.462. The van der Waals surface area contributed by atoms with E-state index >= 15 is 0 Å². The monoisotopic (exact) mass is 266 g/mol. The van der Waals surface area contributed by atoms with E-state index in [9.17, 15) is 0 Å². The maximum absolute atomic E-state index is 5.94. The molecule has 5 heteroatoms. The Morgan fingerprint density at radius 3 is 2.72 bits per heavy atom. The third-order valence-corrected chi connectivity index (χ3v) is 3.26. The maximum Gasteiger partial charge on any atom is 0.298 e. The van der Waals surface area contributed by atoms with Crippen LogP contribution in [0.4, 0.5) is 6.01 Å². The molecule has 1 aromatic heterocycles. The van der Waals surface area contributed by atoms with Crippen molar-refractivity contribution < 1.29 is 9.15 Å². The van der Waals surface area contributed by atoms with Gasteiger partial charge in [0, 0.05) is 18.1 Å². The number of fused-ring (bicyclic) bond motifs is 1. The zero-order chi connectivity index (χ0) is 12.7. The van der Waals surface area contributed by atoms with Gasteiger partial charge in [-0.05, 0) is 32.0 Å². The smallest absolute Gasteiger partial charge is 0.298 e. The first kappa shape index (κ1) is 11.8. The summed E-state index contributed by atoms with van der Waals surface area (Å²) in [7, 11) is 0. The number of halogens is 1. The molecule has 0 radical (unpaired) electrons. The number of aromatic nitrogens is 1. The van der Waals surface area contributed by atoms with E-state index < -0.39 is 0 Å². The molecule has 18 heavy (non-hydrogen) atoms. The zero-order valence-corrected chi connectivity index (χ0v) is 11.1. The van der Waals surface area contributed by atoms with Crippen LogP contribution in [0.1, 0.15) is 13.8 Å². The number of ether oxygens (including phenoxy) is 1. The van der Waals surface area contributed by atoms with Crippen LogP contribution in [0.3, 0.4) is 0 Å². The zero-order valence-electron chi connectivity index (χ0n) is 10.4. The van der Waals surface area contributed by atoms with Gasteiger partial charge in [-0.1, -0.05) is 11.6 Å². The van der Waals surface area contributed by atoms with Crippen molar-refractivity contribution in [3.05, 3.63) is 23.2 Å². The lowest BCUT2D eigenvalue weighted by atomic mass is 10.2. The first-order chi connectivity index (χ1) is 8.61. The molecular formula is C13H15ClN2O2. The molecule has 4 nitrogen and oxygen atoms in total. The molecule has 1 fully saturated rings. The van der Waals surface area contributed by atoms with Gasteiger partial charge in [0.05, 0.1) is 12.2 Å². The molecule has 0 bridgehead atoms. The highest BCUT2D eigenvalue weighted by atomic mass is 35.5. The van der Waals surface area contributed by atoms with Gasteiger partial charge in [-0.2, -0.15) is 4.98 Å². The third-order valence-electron chi connectivity index (χ3n) is 3.03. The van der Waals surface area contributed by atoms with Gasteiger partial charge in [0.15, 0.2) is 5.58 Å². The second-order valence-electron chi connectivity index (χ2n) is 4.77. The predicted octanol–water partition coefficient (Wildman–Crippen LogP) is 3.09. The molecule has 0 saturated carbocycles. The predicted molar refractivity (Wildman–Crippen MR) is 71.2 cm³/mol. The molecule has 1 aliphatic rings. The number of benzene rings is 1. The Balaban J connectivity index is 1.93. The summed E-state index contributed by atoms with van der Waals surface area (Å²) in [5.74, 6) is 0. The Morgan fingerprint density at radius 2 is 2.00 bits per heavy atom. The molecule has 0 unspecified atom stereocenters. The van der Waals surface area contributed by atoms with E-state index in [2.05, 4.69) is 23.7 Å². The normalized spacial score (nSPS) is 24.7. The Hall–Kier alpha value is -1.26. The molecule has 2 heterocycles. The Bertz CT molecular complexity index is 559. The summed E-state index contributed by atoms with van der Waals surface area (Å²) in [6.45, 7) is 5.71. The summed E-state index contributed by atoms with van der Waals surface area (Å²) in [5, 5.41) is 0.672. The van der Waals surface area contributed by atoms with E-state index in [1.165, 1.54) is 0 Å². The number of rotatable bonds is 1. The van der Waals surface area contributed by atoms with Gasteiger partial charge in [-0.15, -0.1) is 0 Å². The lowest BCUT2D eigenvalue weighted by Gasteiger charge is -2.34. The Morgan fingerprint density at radius 1 is 1.28 bits per heavy atom. The van der Waals surface area contributed by atoms with E-state index in [-0.39, 0.29) is 12.2 Å². The number of morpholine rings is 1. The van der Waals surface area contributed by atoms with Gasteiger partial charge in [0.25, 0.3) is 6.01 Å². The van der Waals surface area contributed by atoms with E-state index in [1.54, 1.807) is 0 Å². The van der Waals surface area contributed by atoms with Crippen LogP contribution in [0.25, 0.3) is 11.1 Å². The average Bonchev–Trinajstić information content (AvgIpc) is 2.70. The van der Waals surface area contributed by atoms with E-state index in [1.807, 2.05) is 18.2 Å². The number of nitrogens with zero attached hydrogens (tertiary/aromatic N) is 2. The fourth-order valence-electron chi connectivity index (χ4n) is 2.36. The topological polar surface area (TPSA) is 38.5 Å². The fourth-order valence-corrected chi connectivity index (χ4v) is 2.52. The van der Waals surface area contributed by atoms with Crippen LogP contribution in [0, 0.1) is 0 Å². The number of oxazole rings is 1. The van der Waals surface area contributed by atoms with Crippen molar-refractivity contribution in [3.8, 4) is 0 Å². The molecule has 1 aliphatic heterocycles. The number of hydrogen-bond donors (Lipinski definition) is 0. The lowest BCUT2D eigenvalue weighted by Crippen LogP contribution is -2.45. The summed E-state index contributed by atoms with van der Waals surface area (Å²) < 4.78 is 11.5. The highest BCUT2D eigenvalue weighted by molar-refractivity contribution is 6.31. The van der Waals surface area contributed by atoms with Crippen molar-refractivity contribution in [2.45, 2.75) is 26.1 Å². The van der Waals surface area contributed by atoms with Crippen LogP contribution < -0.4 is 4.90 Å². The molecule has 1 saturated heterocycles. The van der Waals surface area contributed by atoms with Gasteiger partial charge in [-0.25, -0.2) is 0 Å². The second-order valence-corrected chi connectivity index (χ2v) is 5.21. The van der Waals surface area contributed by atoms with Gasteiger partial charge < -0.3 is 14.1 Å². The molecule has 96 valence electrons. The minimum Gasteiger partial charge on any atom is -0.423 e. The largest absolute Gasteiger partial charge is 0.423 e. The standard InChI is InChI=1S/C13H15ClN2O2/c1-8-6-16(7-9(2)17-8)13-15-11-5-10(14)3-4-12(11)18-13/h3-5,8-9H,6-7H2,1-2H3/t8-,9+. The third kappa shape index (κ3) is 2.18. The van der Waals surface area contributed by atoms with E-state index in [0.29, 0.717) is 11.0 Å². The van der Waals surface area contributed by atoms with Crippen LogP contribution in [0.15, 0.2) is 22.6 Å². The molecule has 3 rings (SSSR count). The minimum absolute atomic E-state index is 0.187. The number of anilines is 1. The highest BCUT2D eigenvalue weighted by Gasteiger charge is 2.25. The Kier molecular flexibility index (Phi) is 2.92. The van der Waals surface area contributed by atoms with Gasteiger partial charge in [0.1, 0.15) is 5.52 Å². The first-order valence-corrected chi connectivity index (χ1v) is 6.46.